The molecule has 0 spiro atoms. The molecule has 1 aliphatic heterocycles. The van der Waals surface area contributed by atoms with Crippen molar-refractivity contribution in [2.45, 2.75) is 25.2 Å². The second kappa shape index (κ2) is 3.77. The van der Waals surface area contributed by atoms with Crippen LogP contribution >= 0.6 is 0 Å². The average molecular weight is 218 g/mol. The first kappa shape index (κ1) is 9.63. The van der Waals surface area contributed by atoms with Crippen LogP contribution in [-0.2, 0) is 4.79 Å². The summed E-state index contributed by atoms with van der Waals surface area (Å²) in [6.07, 6.45) is 6.39. The molecule has 0 bridgehead atoms. The van der Waals surface area contributed by atoms with Gasteiger partial charge >= 0.3 is 0 Å². The summed E-state index contributed by atoms with van der Waals surface area (Å²) in [6, 6.07) is 3.81. The Morgan fingerprint density at radius 2 is 2.50 bits per heavy atom. The number of nitrogens with zero attached hydrogens (tertiary/aromatic N) is 2. The molecule has 2 atom stereocenters. The highest BCUT2D eigenvalue weighted by Crippen LogP contribution is 2.48. The third-order valence-electron chi connectivity index (χ3n) is 3.19. The molecule has 16 heavy (non-hydrogen) atoms. The van der Waals surface area contributed by atoms with Gasteiger partial charge in [-0.2, -0.15) is 5.10 Å². The molecule has 0 saturated heterocycles. The molecule has 84 valence electrons. The second-order valence-corrected chi connectivity index (χ2v) is 4.37. The minimum atomic E-state index is 0.0846. The van der Waals surface area contributed by atoms with E-state index in [0.29, 0.717) is 0 Å². The van der Waals surface area contributed by atoms with Crippen molar-refractivity contribution in [1.29, 1.82) is 0 Å². The summed E-state index contributed by atoms with van der Waals surface area (Å²) in [6.45, 7) is 0.761. The smallest absolute Gasteiger partial charge is 0.246 e. The van der Waals surface area contributed by atoms with Gasteiger partial charge in [-0.3, -0.25) is 4.79 Å². The quantitative estimate of drug-likeness (QED) is 0.762. The summed E-state index contributed by atoms with van der Waals surface area (Å²) in [4.78, 5) is 12.0. The minimum Gasteiger partial charge on any atom is -0.469 e. The van der Waals surface area contributed by atoms with Crippen LogP contribution in [0.25, 0.3) is 0 Å². The maximum Gasteiger partial charge on any atom is 0.246 e. The molecule has 1 saturated carbocycles. The molecule has 0 aromatic carbocycles. The van der Waals surface area contributed by atoms with Crippen molar-refractivity contribution >= 4 is 12.1 Å². The van der Waals surface area contributed by atoms with Crippen LogP contribution in [0.15, 0.2) is 27.9 Å². The fourth-order valence-electron chi connectivity index (χ4n) is 2.19. The Bertz CT molecular complexity index is 411. The first-order valence-electron chi connectivity index (χ1n) is 5.73. The van der Waals surface area contributed by atoms with Gasteiger partial charge in [0.25, 0.3) is 0 Å². The lowest BCUT2D eigenvalue weighted by atomic mass is 10.2. The van der Waals surface area contributed by atoms with Crippen molar-refractivity contribution in [3.63, 3.8) is 0 Å². The number of furan rings is 1. The second-order valence-electron chi connectivity index (χ2n) is 4.37. The number of carbonyl (C=O) groups is 1. The zero-order valence-electron chi connectivity index (χ0n) is 9.00. The fourth-order valence-corrected chi connectivity index (χ4v) is 2.19. The molecule has 2 aliphatic rings. The number of hydrogen-bond acceptors (Lipinski definition) is 3. The Labute approximate surface area is 93.9 Å². The lowest BCUT2D eigenvalue weighted by Crippen LogP contribution is -2.30. The van der Waals surface area contributed by atoms with E-state index in [1.54, 1.807) is 11.3 Å². The predicted molar refractivity (Wildman–Crippen MR) is 59.0 cm³/mol. The van der Waals surface area contributed by atoms with Crippen molar-refractivity contribution in [3.8, 4) is 0 Å². The van der Waals surface area contributed by atoms with Gasteiger partial charge in [-0.05, 0) is 31.4 Å². The average Bonchev–Trinajstić information content (AvgIpc) is 2.95. The topological polar surface area (TPSA) is 45.8 Å². The van der Waals surface area contributed by atoms with Crippen molar-refractivity contribution < 1.29 is 9.21 Å². The molecule has 1 amide bonds. The van der Waals surface area contributed by atoms with Crippen molar-refractivity contribution in [3.05, 3.63) is 24.2 Å². The Balaban J connectivity index is 1.65. The van der Waals surface area contributed by atoms with E-state index in [4.69, 9.17) is 4.42 Å². The standard InChI is InChI=1S/C12H14N2O2/c15-12(14-6-2-1-5-13-14)10-8-9(10)11-4-3-7-16-11/h3-5,7,9-10H,1-2,6,8H2/t9-,10-/m1/s1. The lowest BCUT2D eigenvalue weighted by molar-refractivity contribution is -0.133. The number of rotatable bonds is 2. The van der Waals surface area contributed by atoms with E-state index in [1.165, 1.54) is 0 Å². The van der Waals surface area contributed by atoms with Crippen molar-refractivity contribution in [1.82, 2.24) is 5.01 Å². The van der Waals surface area contributed by atoms with Gasteiger partial charge in [0.05, 0.1) is 12.2 Å². The summed E-state index contributed by atoms with van der Waals surface area (Å²) >= 11 is 0. The van der Waals surface area contributed by atoms with E-state index in [1.807, 2.05) is 18.3 Å². The monoisotopic (exact) mass is 218 g/mol. The van der Waals surface area contributed by atoms with E-state index in [-0.39, 0.29) is 17.7 Å². The summed E-state index contributed by atoms with van der Waals surface area (Å²) in [5.41, 5.74) is 0. The molecule has 1 aliphatic carbocycles. The Hall–Kier alpha value is -1.58. The Kier molecular flexibility index (Phi) is 2.27. The zero-order chi connectivity index (χ0) is 11.0. The van der Waals surface area contributed by atoms with Gasteiger partial charge in [-0.15, -0.1) is 0 Å². The first-order valence-corrected chi connectivity index (χ1v) is 5.73. The highest BCUT2D eigenvalue weighted by Gasteiger charge is 2.47. The lowest BCUT2D eigenvalue weighted by Gasteiger charge is -2.19. The highest BCUT2D eigenvalue weighted by atomic mass is 16.3. The first-order chi connectivity index (χ1) is 7.86. The summed E-state index contributed by atoms with van der Waals surface area (Å²) in [5, 5.41) is 5.74. The van der Waals surface area contributed by atoms with E-state index < -0.39 is 0 Å². The number of hydrazone groups is 1. The normalized spacial score (nSPS) is 28.1. The molecule has 1 fully saturated rings. The maximum atomic E-state index is 12.0. The summed E-state index contributed by atoms with van der Waals surface area (Å²) in [7, 11) is 0. The number of amides is 1. The van der Waals surface area contributed by atoms with Crippen LogP contribution < -0.4 is 0 Å². The number of hydrogen-bond donors (Lipinski definition) is 0. The van der Waals surface area contributed by atoms with Crippen LogP contribution in [0.1, 0.15) is 30.9 Å². The molecule has 1 aromatic rings. The molecular weight excluding hydrogens is 204 g/mol. The third-order valence-corrected chi connectivity index (χ3v) is 3.19. The van der Waals surface area contributed by atoms with E-state index in [9.17, 15) is 4.79 Å². The molecule has 2 heterocycles. The number of carbonyl (C=O) groups excluding carboxylic acids is 1. The summed E-state index contributed by atoms with van der Waals surface area (Å²) in [5.74, 6) is 1.44. The van der Waals surface area contributed by atoms with Crippen molar-refractivity contribution in [2.24, 2.45) is 11.0 Å². The van der Waals surface area contributed by atoms with Crippen LogP contribution in [0.4, 0.5) is 0 Å². The highest BCUT2D eigenvalue weighted by molar-refractivity contribution is 5.83. The fraction of sp³-hybridized carbons (Fsp3) is 0.500. The third kappa shape index (κ3) is 1.64. The Morgan fingerprint density at radius 3 is 3.19 bits per heavy atom. The van der Waals surface area contributed by atoms with Gasteiger partial charge in [-0.25, -0.2) is 5.01 Å². The molecule has 3 rings (SSSR count). The minimum absolute atomic E-state index is 0.0846. The van der Waals surface area contributed by atoms with Gasteiger partial charge < -0.3 is 4.42 Å². The molecule has 0 radical (unpaired) electrons. The van der Waals surface area contributed by atoms with Gasteiger partial charge in [0, 0.05) is 18.7 Å². The van der Waals surface area contributed by atoms with Crippen LogP contribution in [0.2, 0.25) is 0 Å². The van der Waals surface area contributed by atoms with Crippen molar-refractivity contribution in [2.75, 3.05) is 6.54 Å². The molecular formula is C12H14N2O2. The van der Waals surface area contributed by atoms with Gasteiger partial charge in [0.2, 0.25) is 5.91 Å². The van der Waals surface area contributed by atoms with Gasteiger partial charge in [0.1, 0.15) is 5.76 Å². The molecule has 4 nitrogen and oxygen atoms in total. The van der Waals surface area contributed by atoms with Crippen LogP contribution in [0.3, 0.4) is 0 Å². The molecule has 0 unspecified atom stereocenters. The van der Waals surface area contributed by atoms with Crippen LogP contribution in [-0.4, -0.2) is 23.7 Å². The molecule has 1 aromatic heterocycles. The van der Waals surface area contributed by atoms with Gasteiger partial charge in [-0.1, -0.05) is 0 Å². The van der Waals surface area contributed by atoms with Gasteiger partial charge in [0.15, 0.2) is 0 Å². The Morgan fingerprint density at radius 1 is 1.56 bits per heavy atom. The van der Waals surface area contributed by atoms with Crippen LogP contribution in [0.5, 0.6) is 0 Å². The van der Waals surface area contributed by atoms with Crippen LogP contribution in [0, 0.1) is 5.92 Å². The summed E-state index contributed by atoms with van der Waals surface area (Å²) < 4.78 is 5.32. The predicted octanol–water partition coefficient (Wildman–Crippen LogP) is 1.99. The zero-order valence-corrected chi connectivity index (χ0v) is 9.00. The SMILES string of the molecule is O=C([C@@H]1C[C@H]1c1ccco1)N1CCCC=N1. The van der Waals surface area contributed by atoms with E-state index in [2.05, 4.69) is 5.10 Å². The van der Waals surface area contributed by atoms with E-state index >= 15 is 0 Å². The largest absolute Gasteiger partial charge is 0.469 e. The molecule has 0 N–H and O–H groups in total. The van der Waals surface area contributed by atoms with E-state index in [0.717, 1.165) is 31.6 Å². The maximum absolute atomic E-state index is 12.0. The molecule has 4 heteroatoms.